The molecule has 1 aliphatic carbocycles. The molecule has 2 heterocycles. The van der Waals surface area contributed by atoms with Crippen molar-refractivity contribution in [1.82, 2.24) is 9.55 Å². The summed E-state index contributed by atoms with van der Waals surface area (Å²) >= 11 is 1.64. The number of aryl methyl sites for hydroxylation is 1. The lowest BCUT2D eigenvalue weighted by Crippen LogP contribution is -2.27. The minimum absolute atomic E-state index is 0.0223. The van der Waals surface area contributed by atoms with Crippen molar-refractivity contribution in [2.24, 2.45) is 5.92 Å². The van der Waals surface area contributed by atoms with Crippen LogP contribution in [-0.4, -0.2) is 15.3 Å². The molecule has 0 aromatic carbocycles. The molecular formula is C15H18N2O2S. The summed E-state index contributed by atoms with van der Waals surface area (Å²) in [5.74, 6) is 0.653. The minimum Gasteiger partial charge on any atom is -0.298 e. The third-order valence-electron chi connectivity index (χ3n) is 4.25. The zero-order chi connectivity index (χ0) is 14.4. The first kappa shape index (κ1) is 13.5. The van der Waals surface area contributed by atoms with E-state index in [0.717, 1.165) is 29.5 Å². The Bertz CT molecular complexity index is 744. The van der Waals surface area contributed by atoms with E-state index < -0.39 is 6.04 Å². The number of Topliss-reactive ketones (excluding diaryl/α,β-unsaturated/α-hetero) is 1. The van der Waals surface area contributed by atoms with Crippen LogP contribution in [0.4, 0.5) is 0 Å². The highest BCUT2D eigenvalue weighted by atomic mass is 32.1. The van der Waals surface area contributed by atoms with Crippen LogP contribution in [0.15, 0.2) is 11.1 Å². The second kappa shape index (κ2) is 4.81. The largest absolute Gasteiger partial charge is 0.298 e. The zero-order valence-corrected chi connectivity index (χ0v) is 12.8. The van der Waals surface area contributed by atoms with Gasteiger partial charge in [0.1, 0.15) is 4.83 Å². The molecule has 2 aromatic rings. The summed E-state index contributed by atoms with van der Waals surface area (Å²) in [6.07, 6.45) is 4.63. The molecule has 0 aliphatic heterocycles. The molecule has 1 aliphatic rings. The number of fused-ring (bicyclic) bond motifs is 3. The van der Waals surface area contributed by atoms with E-state index in [2.05, 4.69) is 11.9 Å². The van der Waals surface area contributed by atoms with Gasteiger partial charge in [-0.25, -0.2) is 4.98 Å². The SMILES string of the molecule is CC(=O)[C@H](C)n1cnc2sc3c(c2c1=O)CC[C@H](C)C3. The van der Waals surface area contributed by atoms with Crippen LogP contribution in [0.3, 0.4) is 0 Å². The van der Waals surface area contributed by atoms with Crippen LogP contribution in [0, 0.1) is 5.92 Å². The predicted molar refractivity (Wildman–Crippen MR) is 80.5 cm³/mol. The molecule has 5 heteroatoms. The second-order valence-corrected chi connectivity index (χ2v) is 6.86. The van der Waals surface area contributed by atoms with E-state index in [4.69, 9.17) is 0 Å². The molecule has 0 fully saturated rings. The van der Waals surface area contributed by atoms with Gasteiger partial charge < -0.3 is 0 Å². The van der Waals surface area contributed by atoms with Gasteiger partial charge in [0, 0.05) is 4.88 Å². The summed E-state index contributed by atoms with van der Waals surface area (Å²) in [6, 6.07) is -0.447. The fourth-order valence-electron chi connectivity index (χ4n) is 2.82. The van der Waals surface area contributed by atoms with Crippen LogP contribution in [0.25, 0.3) is 10.2 Å². The monoisotopic (exact) mass is 290 g/mol. The predicted octanol–water partition coefficient (Wildman–Crippen LogP) is 2.73. The molecule has 2 atom stereocenters. The Morgan fingerprint density at radius 1 is 1.55 bits per heavy atom. The summed E-state index contributed by atoms with van der Waals surface area (Å²) in [4.78, 5) is 30.7. The van der Waals surface area contributed by atoms with Gasteiger partial charge in [0.25, 0.3) is 5.56 Å². The van der Waals surface area contributed by atoms with E-state index in [-0.39, 0.29) is 11.3 Å². The van der Waals surface area contributed by atoms with Crippen LogP contribution in [0.2, 0.25) is 0 Å². The second-order valence-electron chi connectivity index (χ2n) is 5.78. The highest BCUT2D eigenvalue weighted by Gasteiger charge is 2.24. The van der Waals surface area contributed by atoms with Crippen molar-refractivity contribution in [3.63, 3.8) is 0 Å². The fourth-order valence-corrected chi connectivity index (χ4v) is 4.16. The average molecular weight is 290 g/mol. The topological polar surface area (TPSA) is 52.0 Å². The maximum atomic E-state index is 12.7. The van der Waals surface area contributed by atoms with Crippen molar-refractivity contribution in [3.05, 3.63) is 27.1 Å². The molecule has 0 unspecified atom stereocenters. The summed E-state index contributed by atoms with van der Waals surface area (Å²) in [7, 11) is 0. The van der Waals surface area contributed by atoms with Crippen molar-refractivity contribution in [1.29, 1.82) is 0 Å². The number of carbonyl (C=O) groups is 1. The van der Waals surface area contributed by atoms with Gasteiger partial charge >= 0.3 is 0 Å². The lowest BCUT2D eigenvalue weighted by atomic mass is 9.89. The van der Waals surface area contributed by atoms with E-state index in [1.54, 1.807) is 18.3 Å². The third kappa shape index (κ3) is 2.00. The Morgan fingerprint density at radius 2 is 2.30 bits per heavy atom. The van der Waals surface area contributed by atoms with Crippen LogP contribution in [0.5, 0.6) is 0 Å². The molecular weight excluding hydrogens is 272 g/mol. The molecule has 0 spiro atoms. The van der Waals surface area contributed by atoms with Gasteiger partial charge in [-0.15, -0.1) is 11.3 Å². The number of hydrogen-bond acceptors (Lipinski definition) is 4. The average Bonchev–Trinajstić information content (AvgIpc) is 2.76. The Hall–Kier alpha value is -1.49. The van der Waals surface area contributed by atoms with Crippen molar-refractivity contribution in [2.45, 2.75) is 46.1 Å². The summed E-state index contributed by atoms with van der Waals surface area (Å²) < 4.78 is 1.47. The summed E-state index contributed by atoms with van der Waals surface area (Å²) in [6.45, 7) is 5.50. The number of carbonyl (C=O) groups excluding carboxylic acids is 1. The third-order valence-corrected chi connectivity index (χ3v) is 5.41. The highest BCUT2D eigenvalue weighted by Crippen LogP contribution is 2.35. The maximum absolute atomic E-state index is 12.7. The van der Waals surface area contributed by atoms with Gasteiger partial charge in [-0.3, -0.25) is 14.2 Å². The van der Waals surface area contributed by atoms with E-state index in [9.17, 15) is 9.59 Å². The van der Waals surface area contributed by atoms with Gasteiger partial charge in [-0.2, -0.15) is 0 Å². The molecule has 0 bridgehead atoms. The van der Waals surface area contributed by atoms with E-state index >= 15 is 0 Å². The molecule has 0 saturated carbocycles. The molecule has 0 N–H and O–H groups in total. The maximum Gasteiger partial charge on any atom is 0.263 e. The van der Waals surface area contributed by atoms with Gasteiger partial charge in [0.2, 0.25) is 0 Å². The van der Waals surface area contributed by atoms with Gasteiger partial charge in [0.15, 0.2) is 5.78 Å². The number of hydrogen-bond donors (Lipinski definition) is 0. The van der Waals surface area contributed by atoms with Crippen LogP contribution >= 0.6 is 11.3 Å². The van der Waals surface area contributed by atoms with Gasteiger partial charge in [-0.1, -0.05) is 6.92 Å². The standard InChI is InChI=1S/C15H18N2O2S/c1-8-4-5-11-12(6-8)20-14-13(11)15(19)17(7-16-14)9(2)10(3)18/h7-9H,4-6H2,1-3H3/t8-,9-/m0/s1. The molecule has 0 radical (unpaired) electrons. The lowest BCUT2D eigenvalue weighted by Gasteiger charge is -2.17. The number of nitrogens with zero attached hydrogens (tertiary/aromatic N) is 2. The molecule has 0 amide bonds. The summed E-state index contributed by atoms with van der Waals surface area (Å²) in [5.41, 5.74) is 1.11. The van der Waals surface area contributed by atoms with Crippen molar-refractivity contribution in [2.75, 3.05) is 0 Å². The zero-order valence-electron chi connectivity index (χ0n) is 12.0. The van der Waals surface area contributed by atoms with Crippen LogP contribution in [-0.2, 0) is 17.6 Å². The van der Waals surface area contributed by atoms with Crippen LogP contribution < -0.4 is 5.56 Å². The van der Waals surface area contributed by atoms with E-state index in [0.29, 0.717) is 5.92 Å². The number of thiophene rings is 1. The molecule has 20 heavy (non-hydrogen) atoms. The van der Waals surface area contributed by atoms with Crippen molar-refractivity contribution >= 4 is 27.3 Å². The van der Waals surface area contributed by atoms with Gasteiger partial charge in [-0.05, 0) is 44.6 Å². The van der Waals surface area contributed by atoms with Crippen LogP contribution in [0.1, 0.15) is 43.7 Å². The molecule has 0 saturated heterocycles. The fraction of sp³-hybridized carbons (Fsp3) is 0.533. The number of ketones is 1. The lowest BCUT2D eigenvalue weighted by molar-refractivity contribution is -0.119. The van der Waals surface area contributed by atoms with Crippen molar-refractivity contribution < 1.29 is 4.79 Å². The first-order chi connectivity index (χ1) is 9.49. The van der Waals surface area contributed by atoms with E-state index in [1.165, 1.54) is 28.3 Å². The van der Waals surface area contributed by atoms with E-state index in [1.807, 2.05) is 0 Å². The first-order valence-electron chi connectivity index (χ1n) is 7.01. The summed E-state index contributed by atoms with van der Waals surface area (Å²) in [5, 5.41) is 0.743. The Labute approximate surface area is 121 Å². The normalized spacial score (nSPS) is 19.9. The Morgan fingerprint density at radius 3 is 3.00 bits per heavy atom. The molecule has 2 aromatic heterocycles. The Kier molecular flexibility index (Phi) is 3.24. The Balaban J connectivity index is 2.23. The molecule has 106 valence electrons. The first-order valence-corrected chi connectivity index (χ1v) is 7.82. The number of aromatic nitrogens is 2. The smallest absolute Gasteiger partial charge is 0.263 e. The minimum atomic E-state index is -0.447. The molecule has 4 nitrogen and oxygen atoms in total. The van der Waals surface area contributed by atoms with Crippen molar-refractivity contribution in [3.8, 4) is 0 Å². The highest BCUT2D eigenvalue weighted by molar-refractivity contribution is 7.18. The quantitative estimate of drug-likeness (QED) is 0.854. The molecule has 3 rings (SSSR count). The van der Waals surface area contributed by atoms with Gasteiger partial charge in [0.05, 0.1) is 17.8 Å². The number of rotatable bonds is 2.